The fraction of sp³-hybridized carbons (Fsp3) is 0.400. The van der Waals surface area contributed by atoms with Crippen LogP contribution in [0.3, 0.4) is 0 Å². The van der Waals surface area contributed by atoms with E-state index in [1.54, 1.807) is 30.0 Å². The Kier molecular flexibility index (Phi) is 5.61. The summed E-state index contributed by atoms with van der Waals surface area (Å²) in [5.74, 6) is 1.72. The molecule has 1 saturated heterocycles. The largest absolute Gasteiger partial charge is 0.494 e. The van der Waals surface area contributed by atoms with E-state index in [4.69, 9.17) is 13.9 Å². The van der Waals surface area contributed by atoms with Crippen molar-refractivity contribution in [3.8, 4) is 11.5 Å². The lowest BCUT2D eigenvalue weighted by Gasteiger charge is -2.39. The Morgan fingerprint density at radius 1 is 1.19 bits per heavy atom. The van der Waals surface area contributed by atoms with E-state index in [2.05, 4.69) is 6.92 Å². The van der Waals surface area contributed by atoms with Crippen LogP contribution in [0, 0.1) is 6.92 Å². The number of unbranched alkanes of at least 4 members (excludes halogenated alkanes) is 1. The molecule has 1 fully saturated rings. The minimum atomic E-state index is -0.437. The zero-order chi connectivity index (χ0) is 18.5. The van der Waals surface area contributed by atoms with E-state index in [0.29, 0.717) is 36.8 Å². The number of benzene rings is 1. The average molecular weight is 357 g/mol. The highest BCUT2D eigenvalue weighted by Crippen LogP contribution is 2.21. The normalized spacial score (nSPS) is 14.0. The standard InChI is InChI=1S/C20H23NO5/c1-3-4-9-24-16-7-5-15(6-8-16)20(23)21-12-18(13-21)26-17-10-14(2)25-19(22)11-17/h5-8,10-11,18H,3-4,9,12-13H2,1-2H3. The van der Waals surface area contributed by atoms with E-state index in [-0.39, 0.29) is 12.0 Å². The molecule has 2 aromatic rings. The average Bonchev–Trinajstić information content (AvgIpc) is 2.57. The van der Waals surface area contributed by atoms with E-state index < -0.39 is 5.63 Å². The number of carbonyl (C=O) groups is 1. The number of ether oxygens (including phenoxy) is 2. The summed E-state index contributed by atoms with van der Waals surface area (Å²) in [5.41, 5.74) is 0.191. The highest BCUT2D eigenvalue weighted by atomic mass is 16.5. The molecule has 0 N–H and O–H groups in total. The summed E-state index contributed by atoms with van der Waals surface area (Å²) in [5, 5.41) is 0. The predicted molar refractivity (Wildman–Crippen MR) is 96.9 cm³/mol. The SMILES string of the molecule is CCCCOc1ccc(C(=O)N2CC(Oc3cc(C)oc(=O)c3)C2)cc1. The topological polar surface area (TPSA) is 69.0 Å². The molecule has 26 heavy (non-hydrogen) atoms. The lowest BCUT2D eigenvalue weighted by molar-refractivity contribution is 0.0175. The van der Waals surface area contributed by atoms with Crippen LogP contribution in [0.1, 0.15) is 35.9 Å². The molecule has 3 rings (SSSR count). The molecule has 0 spiro atoms. The molecule has 0 bridgehead atoms. The lowest BCUT2D eigenvalue weighted by Crippen LogP contribution is -2.56. The zero-order valence-electron chi connectivity index (χ0n) is 15.1. The van der Waals surface area contributed by atoms with Crippen LogP contribution in [-0.2, 0) is 0 Å². The predicted octanol–water partition coefficient (Wildman–Crippen LogP) is 3.03. The first-order chi connectivity index (χ1) is 12.5. The lowest BCUT2D eigenvalue weighted by atomic mass is 10.1. The van der Waals surface area contributed by atoms with Gasteiger partial charge in [0.2, 0.25) is 0 Å². The van der Waals surface area contributed by atoms with E-state index in [1.807, 2.05) is 12.1 Å². The van der Waals surface area contributed by atoms with Crippen molar-refractivity contribution in [3.63, 3.8) is 0 Å². The summed E-state index contributed by atoms with van der Waals surface area (Å²) in [6.45, 7) is 5.48. The maximum Gasteiger partial charge on any atom is 0.339 e. The number of likely N-dealkylation sites (tertiary alicyclic amines) is 1. The maximum atomic E-state index is 12.5. The van der Waals surface area contributed by atoms with Crippen molar-refractivity contribution < 1.29 is 18.7 Å². The molecule has 1 aromatic carbocycles. The van der Waals surface area contributed by atoms with Gasteiger partial charge in [-0.3, -0.25) is 4.79 Å². The summed E-state index contributed by atoms with van der Waals surface area (Å²) in [6.07, 6.45) is 1.98. The second-order valence-corrected chi connectivity index (χ2v) is 6.40. The van der Waals surface area contributed by atoms with Crippen LogP contribution < -0.4 is 15.1 Å². The first-order valence-electron chi connectivity index (χ1n) is 8.85. The molecule has 0 unspecified atom stereocenters. The number of nitrogens with zero attached hydrogens (tertiary/aromatic N) is 1. The van der Waals surface area contributed by atoms with Crippen molar-refractivity contribution in [1.29, 1.82) is 0 Å². The summed E-state index contributed by atoms with van der Waals surface area (Å²) in [4.78, 5) is 25.5. The monoisotopic (exact) mass is 357 g/mol. The van der Waals surface area contributed by atoms with Crippen molar-refractivity contribution in [2.45, 2.75) is 32.8 Å². The van der Waals surface area contributed by atoms with Gasteiger partial charge < -0.3 is 18.8 Å². The Morgan fingerprint density at radius 2 is 1.92 bits per heavy atom. The van der Waals surface area contributed by atoms with Crippen LogP contribution in [0.15, 0.2) is 45.6 Å². The quantitative estimate of drug-likeness (QED) is 0.713. The molecule has 138 valence electrons. The number of amides is 1. The highest BCUT2D eigenvalue weighted by Gasteiger charge is 2.33. The van der Waals surface area contributed by atoms with Gasteiger partial charge in [0.1, 0.15) is 23.4 Å². The molecular weight excluding hydrogens is 334 g/mol. The van der Waals surface area contributed by atoms with Crippen LogP contribution in [0.25, 0.3) is 0 Å². The van der Waals surface area contributed by atoms with Gasteiger partial charge in [-0.2, -0.15) is 0 Å². The third-order valence-corrected chi connectivity index (χ3v) is 4.17. The van der Waals surface area contributed by atoms with Crippen molar-refractivity contribution in [2.24, 2.45) is 0 Å². The van der Waals surface area contributed by atoms with Crippen LogP contribution >= 0.6 is 0 Å². The smallest absolute Gasteiger partial charge is 0.339 e. The summed E-state index contributed by atoms with van der Waals surface area (Å²) >= 11 is 0. The maximum absolute atomic E-state index is 12.5. The van der Waals surface area contributed by atoms with Gasteiger partial charge in [-0.1, -0.05) is 13.3 Å². The third-order valence-electron chi connectivity index (χ3n) is 4.17. The Balaban J connectivity index is 1.50. The third kappa shape index (κ3) is 4.45. The van der Waals surface area contributed by atoms with Crippen molar-refractivity contribution >= 4 is 5.91 Å². The van der Waals surface area contributed by atoms with E-state index in [0.717, 1.165) is 18.6 Å². The van der Waals surface area contributed by atoms with Crippen LogP contribution in [0.4, 0.5) is 0 Å². The molecule has 6 nitrogen and oxygen atoms in total. The molecule has 2 heterocycles. The molecule has 0 radical (unpaired) electrons. The summed E-state index contributed by atoms with van der Waals surface area (Å²) in [6, 6.07) is 10.2. The molecule has 1 aliphatic heterocycles. The number of rotatable bonds is 7. The highest BCUT2D eigenvalue weighted by molar-refractivity contribution is 5.94. The Labute approximate surface area is 152 Å². The zero-order valence-corrected chi connectivity index (χ0v) is 15.1. The van der Waals surface area contributed by atoms with Gasteiger partial charge in [0.15, 0.2) is 0 Å². The molecule has 1 aliphatic rings. The second kappa shape index (κ2) is 8.08. The number of carbonyl (C=O) groups excluding carboxylic acids is 1. The Bertz CT molecular complexity index is 806. The minimum absolute atomic E-state index is 0.0336. The van der Waals surface area contributed by atoms with Crippen molar-refractivity contribution in [3.05, 3.63) is 58.1 Å². The summed E-state index contributed by atoms with van der Waals surface area (Å²) < 4.78 is 16.2. The number of hydrogen-bond acceptors (Lipinski definition) is 5. The van der Waals surface area contributed by atoms with E-state index in [9.17, 15) is 9.59 Å². The van der Waals surface area contributed by atoms with Gasteiger partial charge in [-0.05, 0) is 37.6 Å². The van der Waals surface area contributed by atoms with Gasteiger partial charge >= 0.3 is 5.63 Å². The molecule has 0 aliphatic carbocycles. The molecular formula is C20H23NO5. The first kappa shape index (κ1) is 18.0. The van der Waals surface area contributed by atoms with Crippen molar-refractivity contribution in [1.82, 2.24) is 4.90 Å². The van der Waals surface area contributed by atoms with Crippen LogP contribution in [0.2, 0.25) is 0 Å². The molecule has 1 amide bonds. The first-order valence-corrected chi connectivity index (χ1v) is 8.85. The number of aryl methyl sites for hydroxylation is 1. The van der Waals surface area contributed by atoms with Crippen molar-refractivity contribution in [2.75, 3.05) is 19.7 Å². The van der Waals surface area contributed by atoms with Gasteiger partial charge in [-0.25, -0.2) is 4.79 Å². The van der Waals surface area contributed by atoms with Gasteiger partial charge in [-0.15, -0.1) is 0 Å². The summed E-state index contributed by atoms with van der Waals surface area (Å²) in [7, 11) is 0. The molecule has 0 saturated carbocycles. The minimum Gasteiger partial charge on any atom is -0.494 e. The van der Waals surface area contributed by atoms with Gasteiger partial charge in [0.25, 0.3) is 5.91 Å². The fourth-order valence-corrected chi connectivity index (χ4v) is 2.73. The molecule has 6 heteroatoms. The van der Waals surface area contributed by atoms with E-state index in [1.165, 1.54) is 6.07 Å². The number of hydrogen-bond donors (Lipinski definition) is 0. The molecule has 1 aromatic heterocycles. The molecule has 0 atom stereocenters. The van der Waals surface area contributed by atoms with Crippen LogP contribution in [0.5, 0.6) is 11.5 Å². The van der Waals surface area contributed by atoms with Crippen LogP contribution in [-0.4, -0.2) is 36.6 Å². The Morgan fingerprint density at radius 3 is 2.58 bits per heavy atom. The van der Waals surface area contributed by atoms with Gasteiger partial charge in [0.05, 0.1) is 25.8 Å². The fourth-order valence-electron chi connectivity index (χ4n) is 2.73. The van der Waals surface area contributed by atoms with Gasteiger partial charge in [0, 0.05) is 11.6 Å². The second-order valence-electron chi connectivity index (χ2n) is 6.40. The Hall–Kier alpha value is -2.76. The van der Waals surface area contributed by atoms with E-state index >= 15 is 0 Å².